The number of nitrogens with zero attached hydrogens (tertiary/aromatic N) is 2. The molecule has 1 aromatic rings. The zero-order chi connectivity index (χ0) is 16.5. The summed E-state index contributed by atoms with van der Waals surface area (Å²) in [6, 6.07) is 5.39. The maximum absolute atomic E-state index is 12.5. The number of hydrogen-bond acceptors (Lipinski definition) is 5. The van der Waals surface area contributed by atoms with Crippen molar-refractivity contribution >= 4 is 15.7 Å². The molecule has 0 unspecified atom stereocenters. The highest BCUT2D eigenvalue weighted by Gasteiger charge is 2.62. The molecule has 2 saturated heterocycles. The third kappa shape index (κ3) is 2.82. The van der Waals surface area contributed by atoms with Crippen LogP contribution in [0.4, 0.5) is 0 Å². The van der Waals surface area contributed by atoms with Gasteiger partial charge in [-0.3, -0.25) is 4.79 Å². The lowest BCUT2D eigenvalue weighted by Gasteiger charge is -2.49. The molecule has 7 heteroatoms. The maximum Gasteiger partial charge on any atom is 0.222 e. The van der Waals surface area contributed by atoms with Crippen LogP contribution < -0.4 is 4.74 Å². The highest BCUT2D eigenvalue weighted by molar-refractivity contribution is 7.93. The Bertz CT molecular complexity index is 669. The van der Waals surface area contributed by atoms with Gasteiger partial charge in [-0.1, -0.05) is 13.0 Å². The summed E-state index contributed by atoms with van der Waals surface area (Å²) in [6.45, 7) is 2.89. The number of carbonyl (C=O) groups excluding carboxylic acids is 1. The van der Waals surface area contributed by atoms with Crippen molar-refractivity contribution in [1.29, 1.82) is 0 Å². The van der Waals surface area contributed by atoms with Crippen molar-refractivity contribution in [1.82, 2.24) is 9.88 Å². The Morgan fingerprint density at radius 2 is 2.22 bits per heavy atom. The van der Waals surface area contributed by atoms with E-state index >= 15 is 0 Å². The second-order valence-electron chi connectivity index (χ2n) is 6.35. The van der Waals surface area contributed by atoms with Gasteiger partial charge >= 0.3 is 0 Å². The predicted molar refractivity (Wildman–Crippen MR) is 85.8 cm³/mol. The number of rotatable bonds is 5. The van der Waals surface area contributed by atoms with Gasteiger partial charge in [0.1, 0.15) is 4.75 Å². The first-order chi connectivity index (χ1) is 11.0. The van der Waals surface area contributed by atoms with Gasteiger partial charge in [0.05, 0.1) is 12.4 Å². The van der Waals surface area contributed by atoms with Gasteiger partial charge in [0.25, 0.3) is 0 Å². The number of carbonyl (C=O) groups is 1. The minimum Gasteiger partial charge on any atom is -0.477 e. The van der Waals surface area contributed by atoms with Crippen LogP contribution in [0.2, 0.25) is 0 Å². The van der Waals surface area contributed by atoms with E-state index in [0.717, 1.165) is 6.42 Å². The minimum atomic E-state index is -3.18. The average Bonchev–Trinajstić information content (AvgIpc) is 2.75. The van der Waals surface area contributed by atoms with E-state index in [0.29, 0.717) is 38.4 Å². The van der Waals surface area contributed by atoms with Crippen LogP contribution in [0.15, 0.2) is 24.4 Å². The zero-order valence-electron chi connectivity index (χ0n) is 13.3. The van der Waals surface area contributed by atoms with Gasteiger partial charge in [-0.25, -0.2) is 13.4 Å². The highest BCUT2D eigenvalue weighted by Crippen LogP contribution is 2.45. The van der Waals surface area contributed by atoms with Crippen LogP contribution in [0.5, 0.6) is 5.88 Å². The van der Waals surface area contributed by atoms with Crippen molar-refractivity contribution in [3.8, 4) is 5.88 Å². The molecule has 1 spiro atoms. The largest absolute Gasteiger partial charge is 0.477 e. The molecule has 0 N–H and O–H groups in total. The van der Waals surface area contributed by atoms with Crippen LogP contribution in [0, 0.1) is 5.92 Å². The van der Waals surface area contributed by atoms with Crippen LogP contribution in [0.3, 0.4) is 0 Å². The second kappa shape index (κ2) is 6.11. The molecule has 3 heterocycles. The predicted octanol–water partition coefficient (Wildman–Crippen LogP) is 1.28. The fraction of sp³-hybridized carbons (Fsp3) is 0.625. The third-order valence-electron chi connectivity index (χ3n) is 4.90. The Kier molecular flexibility index (Phi) is 4.31. The molecule has 1 amide bonds. The lowest BCUT2D eigenvalue weighted by Crippen LogP contribution is -2.68. The molecule has 6 nitrogen and oxygen atoms in total. The Morgan fingerprint density at radius 1 is 1.43 bits per heavy atom. The lowest BCUT2D eigenvalue weighted by atomic mass is 9.83. The third-order valence-corrected chi connectivity index (χ3v) is 7.51. The number of hydrogen-bond donors (Lipinski definition) is 0. The van der Waals surface area contributed by atoms with Gasteiger partial charge in [0.2, 0.25) is 11.8 Å². The molecule has 0 radical (unpaired) electrons. The number of pyridine rings is 1. The first-order valence-corrected chi connectivity index (χ1v) is 9.67. The van der Waals surface area contributed by atoms with E-state index < -0.39 is 14.6 Å². The van der Waals surface area contributed by atoms with Crippen molar-refractivity contribution in [2.24, 2.45) is 5.92 Å². The SMILES string of the molecule is CCCC(=O)N1CC2(C1)[C@H](COc1ccccn1)CCS2(=O)=O. The molecule has 2 aliphatic rings. The van der Waals surface area contributed by atoms with Gasteiger partial charge in [0, 0.05) is 37.7 Å². The molecule has 3 rings (SSSR count). The highest BCUT2D eigenvalue weighted by atomic mass is 32.2. The van der Waals surface area contributed by atoms with Crippen molar-refractivity contribution < 1.29 is 17.9 Å². The molecule has 0 aliphatic carbocycles. The summed E-state index contributed by atoms with van der Waals surface area (Å²) in [5.41, 5.74) is 0. The molecular weight excluding hydrogens is 316 g/mol. The Hall–Kier alpha value is -1.63. The first-order valence-electron chi connectivity index (χ1n) is 8.02. The molecule has 0 bridgehead atoms. The Morgan fingerprint density at radius 3 is 2.87 bits per heavy atom. The van der Waals surface area contributed by atoms with E-state index in [2.05, 4.69) is 4.98 Å². The summed E-state index contributed by atoms with van der Waals surface area (Å²) in [7, 11) is -3.18. The fourth-order valence-corrected chi connectivity index (χ4v) is 5.87. The summed E-state index contributed by atoms with van der Waals surface area (Å²) in [5, 5.41) is 0. The number of ether oxygens (including phenoxy) is 1. The van der Waals surface area contributed by atoms with Crippen LogP contribution in [-0.2, 0) is 14.6 Å². The Labute approximate surface area is 136 Å². The monoisotopic (exact) mass is 338 g/mol. The van der Waals surface area contributed by atoms with Gasteiger partial charge in [-0.2, -0.15) is 0 Å². The Balaban J connectivity index is 1.68. The van der Waals surface area contributed by atoms with Gasteiger partial charge in [-0.15, -0.1) is 0 Å². The van der Waals surface area contributed by atoms with E-state index in [1.807, 2.05) is 13.0 Å². The van der Waals surface area contributed by atoms with Crippen LogP contribution >= 0.6 is 0 Å². The van der Waals surface area contributed by atoms with Crippen LogP contribution in [0.25, 0.3) is 0 Å². The number of likely N-dealkylation sites (tertiary alicyclic amines) is 1. The first kappa shape index (κ1) is 16.2. The topological polar surface area (TPSA) is 76.6 Å². The van der Waals surface area contributed by atoms with E-state index in [4.69, 9.17) is 4.74 Å². The minimum absolute atomic E-state index is 0.0459. The van der Waals surface area contributed by atoms with Crippen molar-refractivity contribution in [3.05, 3.63) is 24.4 Å². The van der Waals surface area contributed by atoms with Gasteiger partial charge in [0.15, 0.2) is 9.84 Å². The van der Waals surface area contributed by atoms with E-state index in [1.165, 1.54) is 0 Å². The lowest BCUT2D eigenvalue weighted by molar-refractivity contribution is -0.137. The smallest absolute Gasteiger partial charge is 0.222 e. The quantitative estimate of drug-likeness (QED) is 0.808. The summed E-state index contributed by atoms with van der Waals surface area (Å²) in [6.07, 6.45) is 3.49. The van der Waals surface area contributed by atoms with Gasteiger partial charge in [-0.05, 0) is 18.9 Å². The van der Waals surface area contributed by atoms with E-state index in [1.54, 1.807) is 23.2 Å². The van der Waals surface area contributed by atoms with Crippen molar-refractivity contribution in [2.75, 3.05) is 25.4 Å². The molecular formula is C16H22N2O4S. The van der Waals surface area contributed by atoms with E-state index in [-0.39, 0.29) is 17.6 Å². The van der Waals surface area contributed by atoms with Crippen LogP contribution in [0.1, 0.15) is 26.2 Å². The maximum atomic E-state index is 12.5. The van der Waals surface area contributed by atoms with E-state index in [9.17, 15) is 13.2 Å². The average molecular weight is 338 g/mol. The summed E-state index contributed by atoms with van der Waals surface area (Å²) in [5.74, 6) is 0.647. The molecule has 2 fully saturated rings. The normalized spacial score (nSPS) is 24.4. The molecule has 1 atom stereocenters. The van der Waals surface area contributed by atoms with Crippen molar-refractivity contribution in [3.63, 3.8) is 0 Å². The number of aromatic nitrogens is 1. The number of sulfone groups is 1. The van der Waals surface area contributed by atoms with Crippen molar-refractivity contribution in [2.45, 2.75) is 30.9 Å². The molecule has 1 aromatic heterocycles. The molecule has 126 valence electrons. The van der Waals surface area contributed by atoms with Crippen LogP contribution in [-0.4, -0.2) is 54.4 Å². The summed E-state index contributed by atoms with van der Waals surface area (Å²) >= 11 is 0. The molecule has 0 aromatic carbocycles. The molecule has 0 saturated carbocycles. The molecule has 2 aliphatic heterocycles. The number of amides is 1. The van der Waals surface area contributed by atoms with Gasteiger partial charge < -0.3 is 9.64 Å². The standard InChI is InChI=1S/C16H22N2O4S/c1-2-5-15(19)18-11-16(12-18)13(7-9-23(16,20)21)10-22-14-6-3-4-8-17-14/h3-4,6,8,13H,2,5,7,9-12H2,1H3/t13-/m0/s1. The summed E-state index contributed by atoms with van der Waals surface area (Å²) < 4.78 is 29.9. The second-order valence-corrected chi connectivity index (χ2v) is 8.80. The molecule has 23 heavy (non-hydrogen) atoms. The fourth-order valence-electron chi connectivity index (χ4n) is 3.47. The zero-order valence-corrected chi connectivity index (χ0v) is 14.1. The summed E-state index contributed by atoms with van der Waals surface area (Å²) in [4.78, 5) is 17.7.